The minimum Gasteiger partial charge on any atom is -0.387 e. The van der Waals surface area contributed by atoms with Gasteiger partial charge in [-0.05, 0) is 35.1 Å². The number of nitrogens with zero attached hydrogens (tertiary/aromatic N) is 1. The fraction of sp³-hybridized carbons (Fsp3) is 0.200. The molecule has 0 saturated carbocycles. The van der Waals surface area contributed by atoms with E-state index in [-0.39, 0.29) is 6.04 Å². The number of likely N-dealkylation sites (tertiary alicyclic amines) is 1. The quantitative estimate of drug-likeness (QED) is 0.377. The highest BCUT2D eigenvalue weighted by Crippen LogP contribution is 2.47. The van der Waals surface area contributed by atoms with E-state index in [0.717, 1.165) is 24.9 Å². The average Bonchev–Trinajstić information content (AvgIpc) is 3.37. The number of rotatable bonds is 6. The van der Waals surface area contributed by atoms with Crippen LogP contribution in [0.5, 0.6) is 0 Å². The van der Waals surface area contributed by atoms with Crippen molar-refractivity contribution in [2.75, 3.05) is 6.54 Å². The van der Waals surface area contributed by atoms with Gasteiger partial charge in [0.15, 0.2) is 0 Å². The first-order valence-corrected chi connectivity index (χ1v) is 11.5. The van der Waals surface area contributed by atoms with Crippen molar-refractivity contribution in [1.82, 2.24) is 4.90 Å². The summed E-state index contributed by atoms with van der Waals surface area (Å²) in [4.78, 5) is 2.55. The van der Waals surface area contributed by atoms with Gasteiger partial charge < -0.3 is 5.11 Å². The molecule has 4 aromatic carbocycles. The Morgan fingerprint density at radius 3 is 1.47 bits per heavy atom. The summed E-state index contributed by atoms with van der Waals surface area (Å²) in [7, 11) is 0. The summed E-state index contributed by atoms with van der Waals surface area (Å²) in [6.45, 7) is 0.924. The van der Waals surface area contributed by atoms with E-state index in [0.29, 0.717) is 0 Å². The zero-order valence-corrected chi connectivity index (χ0v) is 18.2. The van der Waals surface area contributed by atoms with Gasteiger partial charge in [-0.1, -0.05) is 121 Å². The number of hydrogen-bond donors (Lipinski definition) is 1. The first-order chi connectivity index (χ1) is 15.8. The van der Waals surface area contributed by atoms with Crippen molar-refractivity contribution in [3.05, 3.63) is 144 Å². The van der Waals surface area contributed by atoms with Crippen LogP contribution in [-0.4, -0.2) is 22.6 Å². The van der Waals surface area contributed by atoms with Crippen LogP contribution in [0.1, 0.15) is 41.2 Å². The Balaban J connectivity index is 1.74. The number of aliphatic hydroxyl groups is 1. The van der Waals surface area contributed by atoms with E-state index in [1.165, 1.54) is 16.7 Å². The highest BCUT2D eigenvalue weighted by atomic mass is 16.3. The second-order valence-electron chi connectivity index (χ2n) is 8.57. The molecule has 0 amide bonds. The zero-order valence-electron chi connectivity index (χ0n) is 18.2. The second-order valence-corrected chi connectivity index (χ2v) is 8.57. The van der Waals surface area contributed by atoms with Crippen molar-refractivity contribution in [3.63, 3.8) is 0 Å². The predicted octanol–water partition coefficient (Wildman–Crippen LogP) is 6.18. The molecular formula is C30H29NO. The van der Waals surface area contributed by atoms with Crippen LogP contribution in [0.15, 0.2) is 121 Å². The largest absolute Gasteiger partial charge is 0.387 e. The molecule has 2 atom stereocenters. The van der Waals surface area contributed by atoms with E-state index >= 15 is 0 Å². The highest BCUT2D eigenvalue weighted by Gasteiger charge is 2.48. The summed E-state index contributed by atoms with van der Waals surface area (Å²) in [5.41, 5.74) is 4.17. The van der Waals surface area contributed by atoms with Gasteiger partial charge in [-0.15, -0.1) is 0 Å². The van der Waals surface area contributed by atoms with Gasteiger partial charge in [0.25, 0.3) is 0 Å². The standard InChI is InChI=1S/C30H29NO/c32-29(24-14-5-1-6-15-24)28-22-13-23-31(28)30(25-16-7-2-8-17-25,26-18-9-3-10-19-26)27-20-11-4-12-21-27/h1-12,14-21,28-29,32H,13,22-23H2/t28-,29+/m0/s1. The van der Waals surface area contributed by atoms with Gasteiger partial charge >= 0.3 is 0 Å². The van der Waals surface area contributed by atoms with Gasteiger partial charge in [-0.3, -0.25) is 4.90 Å². The lowest BCUT2D eigenvalue weighted by molar-refractivity contribution is 0.0325. The Kier molecular flexibility index (Phi) is 5.89. The molecule has 1 saturated heterocycles. The van der Waals surface area contributed by atoms with E-state index in [2.05, 4.69) is 95.9 Å². The van der Waals surface area contributed by atoms with Crippen molar-refractivity contribution in [2.24, 2.45) is 0 Å². The van der Waals surface area contributed by atoms with Crippen LogP contribution in [0.2, 0.25) is 0 Å². The maximum Gasteiger partial charge on any atom is 0.0976 e. The third-order valence-electron chi connectivity index (χ3n) is 6.81. The van der Waals surface area contributed by atoms with Crippen LogP contribution in [-0.2, 0) is 5.54 Å². The molecule has 0 aliphatic carbocycles. The normalized spacial score (nSPS) is 17.8. The van der Waals surface area contributed by atoms with Gasteiger partial charge in [0.1, 0.15) is 0 Å². The fourth-order valence-corrected chi connectivity index (χ4v) is 5.45. The first-order valence-electron chi connectivity index (χ1n) is 11.5. The van der Waals surface area contributed by atoms with Crippen molar-refractivity contribution in [2.45, 2.75) is 30.5 Å². The van der Waals surface area contributed by atoms with Gasteiger partial charge in [-0.25, -0.2) is 0 Å². The first kappa shape index (κ1) is 20.7. The number of aliphatic hydroxyl groups excluding tert-OH is 1. The fourth-order valence-electron chi connectivity index (χ4n) is 5.45. The molecule has 1 heterocycles. The molecule has 160 valence electrons. The zero-order chi connectivity index (χ0) is 21.8. The molecule has 4 aromatic rings. The third-order valence-corrected chi connectivity index (χ3v) is 6.81. The van der Waals surface area contributed by atoms with Gasteiger partial charge in [0, 0.05) is 12.6 Å². The highest BCUT2D eigenvalue weighted by molar-refractivity contribution is 5.50. The van der Waals surface area contributed by atoms with Crippen LogP contribution >= 0.6 is 0 Å². The summed E-state index contributed by atoms with van der Waals surface area (Å²) in [6, 6.07) is 42.4. The Labute approximate surface area is 190 Å². The van der Waals surface area contributed by atoms with E-state index in [1.807, 2.05) is 30.3 Å². The van der Waals surface area contributed by atoms with Crippen LogP contribution in [0.3, 0.4) is 0 Å². The summed E-state index contributed by atoms with van der Waals surface area (Å²) in [5.74, 6) is 0. The van der Waals surface area contributed by atoms with E-state index in [9.17, 15) is 5.11 Å². The van der Waals surface area contributed by atoms with Crippen LogP contribution in [0.25, 0.3) is 0 Å². The molecular weight excluding hydrogens is 390 g/mol. The smallest absolute Gasteiger partial charge is 0.0976 e. The average molecular weight is 420 g/mol. The van der Waals surface area contributed by atoms with E-state index < -0.39 is 11.6 Å². The van der Waals surface area contributed by atoms with Crippen molar-refractivity contribution in [1.29, 1.82) is 0 Å². The molecule has 0 aromatic heterocycles. The molecule has 1 aliphatic rings. The Morgan fingerprint density at radius 2 is 1.03 bits per heavy atom. The SMILES string of the molecule is O[C@H](c1ccccc1)[C@@H]1CCCN1C(c1ccccc1)(c1ccccc1)c1ccccc1. The summed E-state index contributed by atoms with van der Waals surface area (Å²) < 4.78 is 0. The van der Waals surface area contributed by atoms with Crippen molar-refractivity contribution >= 4 is 0 Å². The molecule has 1 aliphatic heterocycles. The molecule has 0 bridgehead atoms. The Hall–Kier alpha value is -3.20. The van der Waals surface area contributed by atoms with Gasteiger partial charge in [0.2, 0.25) is 0 Å². The minimum atomic E-state index is -0.547. The molecule has 32 heavy (non-hydrogen) atoms. The molecule has 1 N–H and O–H groups in total. The third kappa shape index (κ3) is 3.56. The summed E-state index contributed by atoms with van der Waals surface area (Å²) in [5, 5.41) is 11.6. The second kappa shape index (κ2) is 9.12. The molecule has 2 nitrogen and oxygen atoms in total. The summed E-state index contributed by atoms with van der Waals surface area (Å²) in [6.07, 6.45) is 1.47. The predicted molar refractivity (Wildman–Crippen MR) is 130 cm³/mol. The molecule has 0 radical (unpaired) electrons. The molecule has 1 fully saturated rings. The Morgan fingerprint density at radius 1 is 0.625 bits per heavy atom. The number of hydrogen-bond acceptors (Lipinski definition) is 2. The maximum absolute atomic E-state index is 11.6. The van der Waals surface area contributed by atoms with Crippen LogP contribution in [0, 0.1) is 0 Å². The van der Waals surface area contributed by atoms with Gasteiger partial charge in [-0.2, -0.15) is 0 Å². The van der Waals surface area contributed by atoms with Crippen molar-refractivity contribution < 1.29 is 5.11 Å². The topological polar surface area (TPSA) is 23.5 Å². The lowest BCUT2D eigenvalue weighted by Crippen LogP contribution is -2.52. The van der Waals surface area contributed by atoms with Crippen LogP contribution in [0.4, 0.5) is 0 Å². The van der Waals surface area contributed by atoms with Gasteiger partial charge in [0.05, 0.1) is 11.6 Å². The molecule has 0 unspecified atom stereocenters. The van der Waals surface area contributed by atoms with Crippen LogP contribution < -0.4 is 0 Å². The Bertz CT molecular complexity index is 1020. The lowest BCUT2D eigenvalue weighted by atomic mass is 9.74. The molecule has 5 rings (SSSR count). The minimum absolute atomic E-state index is 0.0121. The van der Waals surface area contributed by atoms with E-state index in [4.69, 9.17) is 0 Å². The van der Waals surface area contributed by atoms with Crippen molar-refractivity contribution in [3.8, 4) is 0 Å². The lowest BCUT2D eigenvalue weighted by Gasteiger charge is -2.47. The monoisotopic (exact) mass is 419 g/mol. The maximum atomic E-state index is 11.6. The molecule has 2 heteroatoms. The number of benzene rings is 4. The summed E-state index contributed by atoms with van der Waals surface area (Å²) >= 11 is 0. The molecule has 0 spiro atoms. The van der Waals surface area contributed by atoms with E-state index in [1.54, 1.807) is 0 Å².